The minimum atomic E-state index is -0.929. The SMILES string of the molecule is Nc1ncc(-c2ccc(C(=O)N3CCC(N4CCCC4)CC3)cc2)cc1OCc1ccc(F)c(F)c1. The molecule has 2 aliphatic heterocycles. The average molecular weight is 493 g/mol. The Morgan fingerprint density at radius 3 is 2.36 bits per heavy atom. The van der Waals surface area contributed by atoms with Crippen LogP contribution in [0.4, 0.5) is 14.6 Å². The van der Waals surface area contributed by atoms with Crippen molar-refractivity contribution in [2.45, 2.75) is 38.3 Å². The van der Waals surface area contributed by atoms with Crippen molar-refractivity contribution in [1.29, 1.82) is 0 Å². The predicted octanol–water partition coefficient (Wildman–Crippen LogP) is 4.89. The molecule has 0 radical (unpaired) electrons. The molecule has 0 unspecified atom stereocenters. The van der Waals surface area contributed by atoms with E-state index in [0.717, 1.165) is 49.2 Å². The van der Waals surface area contributed by atoms with Crippen molar-refractivity contribution in [3.8, 4) is 16.9 Å². The average Bonchev–Trinajstić information content (AvgIpc) is 3.45. The van der Waals surface area contributed by atoms with Crippen LogP contribution in [0.25, 0.3) is 11.1 Å². The van der Waals surface area contributed by atoms with Crippen LogP contribution in [0.15, 0.2) is 54.7 Å². The molecule has 0 bridgehead atoms. The molecule has 2 aliphatic rings. The first-order valence-corrected chi connectivity index (χ1v) is 12.4. The van der Waals surface area contributed by atoms with Crippen molar-refractivity contribution < 1.29 is 18.3 Å². The summed E-state index contributed by atoms with van der Waals surface area (Å²) >= 11 is 0. The summed E-state index contributed by atoms with van der Waals surface area (Å²) in [5.41, 5.74) is 8.74. The molecule has 1 aromatic heterocycles. The highest BCUT2D eigenvalue weighted by molar-refractivity contribution is 5.94. The monoisotopic (exact) mass is 492 g/mol. The van der Waals surface area contributed by atoms with Crippen molar-refractivity contribution in [2.24, 2.45) is 0 Å². The maximum absolute atomic E-state index is 13.5. The third-order valence-corrected chi connectivity index (χ3v) is 7.13. The highest BCUT2D eigenvalue weighted by atomic mass is 19.2. The van der Waals surface area contributed by atoms with E-state index in [9.17, 15) is 13.6 Å². The summed E-state index contributed by atoms with van der Waals surface area (Å²) in [7, 11) is 0. The molecule has 3 aromatic rings. The van der Waals surface area contributed by atoms with Crippen LogP contribution in [0.3, 0.4) is 0 Å². The van der Waals surface area contributed by atoms with Gasteiger partial charge in [0, 0.05) is 36.5 Å². The Morgan fingerprint density at radius 2 is 1.67 bits per heavy atom. The van der Waals surface area contributed by atoms with E-state index in [1.807, 2.05) is 29.2 Å². The van der Waals surface area contributed by atoms with Crippen LogP contribution in [0.1, 0.15) is 41.6 Å². The Morgan fingerprint density at radius 1 is 0.944 bits per heavy atom. The van der Waals surface area contributed by atoms with Gasteiger partial charge in [-0.15, -0.1) is 0 Å². The van der Waals surface area contributed by atoms with Gasteiger partial charge in [0.15, 0.2) is 23.2 Å². The van der Waals surface area contributed by atoms with Crippen LogP contribution in [-0.4, -0.2) is 52.9 Å². The molecule has 36 heavy (non-hydrogen) atoms. The van der Waals surface area contributed by atoms with Crippen molar-refractivity contribution in [3.63, 3.8) is 0 Å². The summed E-state index contributed by atoms with van der Waals surface area (Å²) < 4.78 is 32.3. The molecule has 0 spiro atoms. The number of carbonyl (C=O) groups is 1. The molecule has 2 aromatic carbocycles. The van der Waals surface area contributed by atoms with Gasteiger partial charge in [0.2, 0.25) is 0 Å². The minimum Gasteiger partial charge on any atom is -0.485 e. The molecule has 188 valence electrons. The van der Waals surface area contributed by atoms with Crippen LogP contribution in [0.2, 0.25) is 0 Å². The lowest BCUT2D eigenvalue weighted by Gasteiger charge is -2.36. The molecular formula is C28H30F2N4O2. The number of ether oxygens (including phenoxy) is 1. The molecule has 8 heteroatoms. The number of amides is 1. The number of piperidine rings is 1. The summed E-state index contributed by atoms with van der Waals surface area (Å²) in [6.07, 6.45) is 6.29. The van der Waals surface area contributed by atoms with Crippen molar-refractivity contribution in [2.75, 3.05) is 31.9 Å². The Balaban J connectivity index is 1.22. The first kappa shape index (κ1) is 24.2. The number of anilines is 1. The summed E-state index contributed by atoms with van der Waals surface area (Å²) in [5, 5.41) is 0. The zero-order chi connectivity index (χ0) is 25.1. The summed E-state index contributed by atoms with van der Waals surface area (Å²) in [4.78, 5) is 21.8. The molecule has 0 saturated carbocycles. The van der Waals surface area contributed by atoms with Gasteiger partial charge in [-0.05, 0) is 80.2 Å². The standard InChI is InChI=1S/C28H30F2N4O2/c29-24-8-3-19(15-25(24)30)18-36-26-16-22(17-32-27(26)31)20-4-6-21(7-5-20)28(35)34-13-9-23(10-14-34)33-11-1-2-12-33/h3-8,15-17,23H,1-2,9-14,18H2,(H2,31,32). The zero-order valence-electron chi connectivity index (χ0n) is 20.1. The fraction of sp³-hybridized carbons (Fsp3) is 0.357. The lowest BCUT2D eigenvalue weighted by atomic mass is 10.0. The summed E-state index contributed by atoms with van der Waals surface area (Å²) in [6.45, 7) is 3.99. The summed E-state index contributed by atoms with van der Waals surface area (Å²) in [6, 6.07) is 13.4. The molecule has 3 heterocycles. The van der Waals surface area contributed by atoms with Crippen LogP contribution in [-0.2, 0) is 6.61 Å². The molecule has 2 N–H and O–H groups in total. The number of hydrogen-bond acceptors (Lipinski definition) is 5. The number of halogens is 2. The van der Waals surface area contributed by atoms with Gasteiger partial charge < -0.3 is 20.3 Å². The second-order valence-corrected chi connectivity index (χ2v) is 9.49. The van der Waals surface area contributed by atoms with Gasteiger partial charge in [0.25, 0.3) is 5.91 Å². The first-order chi connectivity index (χ1) is 17.5. The number of nitrogens with zero attached hydrogens (tertiary/aromatic N) is 3. The van der Waals surface area contributed by atoms with Crippen LogP contribution in [0.5, 0.6) is 5.75 Å². The second-order valence-electron chi connectivity index (χ2n) is 9.49. The lowest BCUT2D eigenvalue weighted by Crippen LogP contribution is -2.45. The Kier molecular flexibility index (Phi) is 7.13. The number of nitrogens with two attached hydrogens (primary N) is 1. The van der Waals surface area contributed by atoms with Crippen molar-refractivity contribution in [3.05, 3.63) is 77.5 Å². The molecule has 0 atom stereocenters. The lowest BCUT2D eigenvalue weighted by molar-refractivity contribution is 0.0644. The van der Waals surface area contributed by atoms with Crippen LogP contribution < -0.4 is 10.5 Å². The Bertz CT molecular complexity index is 1220. The summed E-state index contributed by atoms with van der Waals surface area (Å²) in [5.74, 6) is -1.23. The maximum Gasteiger partial charge on any atom is 0.253 e. The number of likely N-dealkylation sites (tertiary alicyclic amines) is 2. The van der Waals surface area contributed by atoms with Gasteiger partial charge in [-0.3, -0.25) is 4.79 Å². The highest BCUT2D eigenvalue weighted by Gasteiger charge is 2.28. The van der Waals surface area contributed by atoms with Gasteiger partial charge >= 0.3 is 0 Å². The van der Waals surface area contributed by atoms with E-state index in [4.69, 9.17) is 10.5 Å². The van der Waals surface area contributed by atoms with Gasteiger partial charge in [0.1, 0.15) is 6.61 Å². The van der Waals surface area contributed by atoms with Gasteiger partial charge in [-0.25, -0.2) is 13.8 Å². The number of nitrogen functional groups attached to an aromatic ring is 1. The van der Waals surface area contributed by atoms with E-state index in [-0.39, 0.29) is 18.3 Å². The van der Waals surface area contributed by atoms with E-state index in [1.165, 1.54) is 32.0 Å². The van der Waals surface area contributed by atoms with Crippen LogP contribution >= 0.6 is 0 Å². The largest absolute Gasteiger partial charge is 0.485 e. The van der Waals surface area contributed by atoms with E-state index in [2.05, 4.69) is 9.88 Å². The first-order valence-electron chi connectivity index (χ1n) is 12.4. The van der Waals surface area contributed by atoms with Crippen molar-refractivity contribution >= 4 is 11.7 Å². The Labute approximate surface area is 209 Å². The second kappa shape index (κ2) is 10.6. The van der Waals surface area contributed by atoms with E-state index < -0.39 is 11.6 Å². The molecule has 2 fully saturated rings. The molecule has 6 nitrogen and oxygen atoms in total. The predicted molar refractivity (Wildman–Crippen MR) is 135 cm³/mol. The zero-order valence-corrected chi connectivity index (χ0v) is 20.1. The third kappa shape index (κ3) is 5.33. The molecule has 1 amide bonds. The van der Waals surface area contributed by atoms with E-state index in [0.29, 0.717) is 22.9 Å². The quantitative estimate of drug-likeness (QED) is 0.531. The Hall–Kier alpha value is -3.52. The highest BCUT2D eigenvalue weighted by Crippen LogP contribution is 2.29. The number of hydrogen-bond donors (Lipinski definition) is 1. The number of aromatic nitrogens is 1. The van der Waals surface area contributed by atoms with E-state index in [1.54, 1.807) is 12.3 Å². The molecule has 5 rings (SSSR count). The number of rotatable bonds is 6. The molecular weight excluding hydrogens is 462 g/mol. The fourth-order valence-electron chi connectivity index (χ4n) is 5.05. The molecule has 0 aliphatic carbocycles. The minimum absolute atomic E-state index is 0.0222. The number of pyridine rings is 1. The van der Waals surface area contributed by atoms with E-state index >= 15 is 0 Å². The third-order valence-electron chi connectivity index (χ3n) is 7.13. The topological polar surface area (TPSA) is 71.7 Å². The number of carbonyl (C=O) groups excluding carboxylic acids is 1. The normalized spacial score (nSPS) is 16.9. The molecule has 2 saturated heterocycles. The fourth-order valence-corrected chi connectivity index (χ4v) is 5.05. The van der Waals surface area contributed by atoms with Gasteiger partial charge in [-0.1, -0.05) is 18.2 Å². The van der Waals surface area contributed by atoms with Gasteiger partial charge in [0.05, 0.1) is 0 Å². The number of benzene rings is 2. The van der Waals surface area contributed by atoms with Crippen LogP contribution in [0, 0.1) is 11.6 Å². The van der Waals surface area contributed by atoms with Gasteiger partial charge in [-0.2, -0.15) is 0 Å². The van der Waals surface area contributed by atoms with Crippen molar-refractivity contribution in [1.82, 2.24) is 14.8 Å². The smallest absolute Gasteiger partial charge is 0.253 e. The maximum atomic E-state index is 13.5.